The number of esters is 2. The molecule has 0 radical (unpaired) electrons. The van der Waals surface area contributed by atoms with Crippen LogP contribution in [0, 0.1) is 11.8 Å². The van der Waals surface area contributed by atoms with Crippen LogP contribution in [-0.4, -0.2) is 74.7 Å². The Morgan fingerprint density at radius 2 is 1.40 bits per heavy atom. The summed E-state index contributed by atoms with van der Waals surface area (Å²) in [5.74, 6) is -1.92. The molecule has 1 saturated carbocycles. The highest BCUT2D eigenvalue weighted by Crippen LogP contribution is 2.37. The number of aliphatic hydroxyl groups is 3. The lowest BCUT2D eigenvalue weighted by Crippen LogP contribution is -2.29. The molecule has 0 spiro atoms. The number of unbranched alkanes of at least 4 members (excludes halogenated alkanes) is 3. The van der Waals surface area contributed by atoms with Gasteiger partial charge in [-0.2, -0.15) is 0 Å². The van der Waals surface area contributed by atoms with Crippen molar-refractivity contribution in [1.29, 1.82) is 0 Å². The van der Waals surface area contributed by atoms with Crippen LogP contribution in [-0.2, 0) is 28.2 Å². The fraction of sp³-hybridized carbons (Fsp3) is 0.610. The van der Waals surface area contributed by atoms with E-state index in [0.717, 1.165) is 51.4 Å². The fourth-order valence-corrected chi connectivity index (χ4v) is 5.98. The normalized spacial score (nSPS) is 21.1. The molecule has 1 aliphatic carbocycles. The van der Waals surface area contributed by atoms with Gasteiger partial charge in [-0.15, -0.1) is 0 Å². The standard InChI is InChI=1S/C41H65O11P/c1-3-5-7-8-9-10-11-12-13-14-15-16-17-18-19-20-22-27-40(45)50-32-35(33-51-53(47,48)49)52-41(46)28-24-23-26-36-37(39(44)31-38(36)43)30-29-34(42)25-21-6-4-2/h5,7,9-10,12-13,15-16,18-19,23-24,29-30,34-39,42-44H,3-4,6,8,11,14,17,20-22,25-28,31-33H2,1-2H3,(H2,47,48,49)/b7-5-,10-9-,13-12-,16-15-,19-18-,24-23-,30-29+/t34-,35-,36+,37-,38+,39-/m1/s1. The van der Waals surface area contributed by atoms with Gasteiger partial charge in [0.2, 0.25) is 0 Å². The molecule has 11 nitrogen and oxygen atoms in total. The topological polar surface area (TPSA) is 180 Å². The highest BCUT2D eigenvalue weighted by molar-refractivity contribution is 7.46. The van der Waals surface area contributed by atoms with Gasteiger partial charge in [-0.25, -0.2) is 4.57 Å². The smallest absolute Gasteiger partial charge is 0.462 e. The molecule has 300 valence electrons. The van der Waals surface area contributed by atoms with E-state index in [4.69, 9.17) is 19.3 Å². The maximum atomic E-state index is 12.5. The molecule has 0 heterocycles. The minimum atomic E-state index is -4.86. The molecule has 0 bridgehead atoms. The van der Waals surface area contributed by atoms with E-state index in [1.165, 1.54) is 0 Å². The van der Waals surface area contributed by atoms with Crippen LogP contribution >= 0.6 is 7.82 Å². The van der Waals surface area contributed by atoms with Crippen LogP contribution in [0.3, 0.4) is 0 Å². The molecule has 1 rings (SSSR count). The van der Waals surface area contributed by atoms with Crippen molar-refractivity contribution in [2.45, 2.75) is 135 Å². The zero-order valence-electron chi connectivity index (χ0n) is 31.7. The van der Waals surface area contributed by atoms with E-state index in [0.29, 0.717) is 25.7 Å². The Hall–Kier alpha value is -2.89. The van der Waals surface area contributed by atoms with Crippen LogP contribution in [0.2, 0.25) is 0 Å². The first kappa shape index (κ1) is 48.1. The van der Waals surface area contributed by atoms with Gasteiger partial charge in [-0.1, -0.05) is 118 Å². The molecule has 0 unspecified atom stereocenters. The summed E-state index contributed by atoms with van der Waals surface area (Å²) in [5, 5.41) is 31.2. The van der Waals surface area contributed by atoms with Crippen molar-refractivity contribution >= 4 is 19.8 Å². The summed E-state index contributed by atoms with van der Waals surface area (Å²) < 4.78 is 26.2. The first-order chi connectivity index (χ1) is 25.5. The van der Waals surface area contributed by atoms with Gasteiger partial charge in [-0.3, -0.25) is 14.1 Å². The van der Waals surface area contributed by atoms with Crippen LogP contribution in [0.4, 0.5) is 0 Å². The van der Waals surface area contributed by atoms with Crippen LogP contribution in [0.1, 0.15) is 110 Å². The zero-order valence-corrected chi connectivity index (χ0v) is 32.6. The van der Waals surface area contributed by atoms with Crippen molar-refractivity contribution in [2.75, 3.05) is 13.2 Å². The lowest BCUT2D eigenvalue weighted by molar-refractivity contribution is -0.160. The number of aliphatic hydroxyl groups excluding tert-OH is 3. The van der Waals surface area contributed by atoms with Gasteiger partial charge < -0.3 is 34.6 Å². The summed E-state index contributed by atoms with van der Waals surface area (Å²) in [4.78, 5) is 43.0. The SMILES string of the molecule is CC/C=C\C/C=C\C/C=C\C/C=C\C/C=C\CCCC(=O)OC[C@H](COP(=O)(O)O)OC(=O)C/C=C\C[C@H]1[C@@H](/C=C/[C@H](O)CCCCC)[C@H](O)C[C@@H]1O. The summed E-state index contributed by atoms with van der Waals surface area (Å²) in [7, 11) is -4.86. The van der Waals surface area contributed by atoms with Crippen molar-refractivity contribution in [3.05, 3.63) is 85.1 Å². The van der Waals surface area contributed by atoms with Crippen LogP contribution in [0.15, 0.2) is 85.1 Å². The molecule has 0 amide bonds. The predicted octanol–water partition coefficient (Wildman–Crippen LogP) is 7.66. The molecule has 1 fully saturated rings. The average molecular weight is 765 g/mol. The third-order valence-corrected chi connectivity index (χ3v) is 8.99. The van der Waals surface area contributed by atoms with E-state index in [-0.39, 0.29) is 31.1 Å². The molecule has 1 aliphatic rings. The Labute approximate surface area is 317 Å². The molecule has 0 aromatic carbocycles. The molecular formula is C41H65O11P. The van der Waals surface area contributed by atoms with Crippen molar-refractivity contribution in [3.8, 4) is 0 Å². The highest BCUT2D eigenvalue weighted by Gasteiger charge is 2.39. The number of hydrogen-bond donors (Lipinski definition) is 5. The second kappa shape index (κ2) is 30.4. The predicted molar refractivity (Wildman–Crippen MR) is 208 cm³/mol. The third kappa shape index (κ3) is 26.5. The monoisotopic (exact) mass is 764 g/mol. The molecule has 0 saturated heterocycles. The number of allylic oxidation sites excluding steroid dienone is 11. The molecular weight excluding hydrogens is 699 g/mol. The van der Waals surface area contributed by atoms with Crippen LogP contribution in [0.5, 0.6) is 0 Å². The second-order valence-electron chi connectivity index (χ2n) is 13.2. The second-order valence-corrected chi connectivity index (χ2v) is 14.4. The van der Waals surface area contributed by atoms with Crippen molar-refractivity contribution in [2.24, 2.45) is 11.8 Å². The van der Waals surface area contributed by atoms with Crippen LogP contribution in [0.25, 0.3) is 0 Å². The number of phosphoric acid groups is 1. The van der Waals surface area contributed by atoms with Gasteiger partial charge in [-0.05, 0) is 63.7 Å². The Kier molecular flexibility index (Phi) is 27.6. The van der Waals surface area contributed by atoms with Crippen molar-refractivity contribution in [1.82, 2.24) is 0 Å². The maximum Gasteiger partial charge on any atom is 0.469 e. The van der Waals surface area contributed by atoms with Gasteiger partial charge in [0.15, 0.2) is 6.10 Å². The number of hydrogen-bond acceptors (Lipinski definition) is 9. The maximum absolute atomic E-state index is 12.5. The molecule has 6 atom stereocenters. The van der Waals surface area contributed by atoms with Crippen LogP contribution < -0.4 is 0 Å². The van der Waals surface area contributed by atoms with E-state index < -0.39 is 57.4 Å². The summed E-state index contributed by atoms with van der Waals surface area (Å²) in [6, 6.07) is 0. The van der Waals surface area contributed by atoms with Gasteiger partial charge >= 0.3 is 19.8 Å². The van der Waals surface area contributed by atoms with E-state index in [1.807, 2.05) is 12.2 Å². The molecule has 12 heteroatoms. The Morgan fingerprint density at radius 3 is 2.00 bits per heavy atom. The first-order valence-electron chi connectivity index (χ1n) is 19.1. The minimum absolute atomic E-state index is 0.118. The minimum Gasteiger partial charge on any atom is -0.462 e. The quantitative estimate of drug-likeness (QED) is 0.0218. The lowest BCUT2D eigenvalue weighted by atomic mass is 9.89. The Balaban J connectivity index is 2.43. The average Bonchev–Trinajstić information content (AvgIpc) is 3.38. The Bertz CT molecular complexity index is 1250. The van der Waals surface area contributed by atoms with Crippen molar-refractivity contribution < 1.29 is 53.3 Å². The van der Waals surface area contributed by atoms with E-state index in [9.17, 15) is 29.5 Å². The number of rotatable bonds is 29. The lowest BCUT2D eigenvalue weighted by Gasteiger charge is -2.20. The molecule has 0 aromatic heterocycles. The summed E-state index contributed by atoms with van der Waals surface area (Å²) in [5.41, 5.74) is 0. The molecule has 0 aliphatic heterocycles. The highest BCUT2D eigenvalue weighted by atomic mass is 31.2. The van der Waals surface area contributed by atoms with Gasteiger partial charge in [0, 0.05) is 18.8 Å². The summed E-state index contributed by atoms with van der Waals surface area (Å²) in [6.45, 7) is 3.11. The molecule has 53 heavy (non-hydrogen) atoms. The molecule has 5 N–H and O–H groups in total. The Morgan fingerprint density at radius 1 is 0.774 bits per heavy atom. The van der Waals surface area contributed by atoms with Gasteiger partial charge in [0.1, 0.15) is 6.61 Å². The molecule has 0 aromatic rings. The number of carbonyl (C=O) groups is 2. The number of ether oxygens (including phenoxy) is 2. The van der Waals surface area contributed by atoms with Gasteiger partial charge in [0.05, 0.1) is 31.3 Å². The zero-order chi connectivity index (χ0) is 39.2. The largest absolute Gasteiger partial charge is 0.469 e. The number of carbonyl (C=O) groups excluding carboxylic acids is 2. The van der Waals surface area contributed by atoms with E-state index >= 15 is 0 Å². The number of phosphoric ester groups is 1. The third-order valence-electron chi connectivity index (χ3n) is 8.50. The van der Waals surface area contributed by atoms with E-state index in [2.05, 4.69) is 67.0 Å². The van der Waals surface area contributed by atoms with E-state index in [1.54, 1.807) is 24.3 Å². The first-order valence-corrected chi connectivity index (χ1v) is 20.7. The summed E-state index contributed by atoms with van der Waals surface area (Å²) in [6.07, 6.45) is 34.4. The summed E-state index contributed by atoms with van der Waals surface area (Å²) >= 11 is 0. The van der Waals surface area contributed by atoms with Gasteiger partial charge in [0.25, 0.3) is 0 Å². The fourth-order valence-electron chi connectivity index (χ4n) is 5.62. The van der Waals surface area contributed by atoms with Crippen molar-refractivity contribution in [3.63, 3.8) is 0 Å².